The average molecular weight is 573 g/mol. The summed E-state index contributed by atoms with van der Waals surface area (Å²) in [7, 11) is -9.87. The van der Waals surface area contributed by atoms with Gasteiger partial charge in [0.1, 0.15) is 4.90 Å². The molecule has 2 rings (SSSR count). The lowest BCUT2D eigenvalue weighted by Crippen LogP contribution is -2.40. The SMILES string of the molecule is CN1CCCN(S(=O)(=O)c2cc([N+](=O)[O-])ccc2N(CCOS(C)(=O)=O)CCOS(C)(=O)=O)CCC1. The lowest BCUT2D eigenvalue weighted by Gasteiger charge is -2.31. The van der Waals surface area contributed by atoms with E-state index in [9.17, 15) is 35.4 Å². The van der Waals surface area contributed by atoms with Crippen LogP contribution < -0.4 is 4.90 Å². The van der Waals surface area contributed by atoms with Crippen LogP contribution in [-0.4, -0.2) is 111 Å². The predicted molar refractivity (Wildman–Crippen MR) is 132 cm³/mol. The fraction of sp³-hybridized carbons (Fsp3) is 0.684. The summed E-state index contributed by atoms with van der Waals surface area (Å²) < 4.78 is 83.9. The first-order chi connectivity index (χ1) is 16.6. The fourth-order valence-corrected chi connectivity index (χ4v) is 6.17. The Morgan fingerprint density at radius 2 is 1.42 bits per heavy atom. The van der Waals surface area contributed by atoms with E-state index in [-0.39, 0.29) is 50.0 Å². The number of hydrogen-bond donors (Lipinski definition) is 0. The monoisotopic (exact) mass is 572 g/mol. The van der Waals surface area contributed by atoms with Gasteiger partial charge in [0.05, 0.1) is 36.3 Å². The molecule has 0 atom stereocenters. The number of sulfonamides is 1. The summed E-state index contributed by atoms with van der Waals surface area (Å²) in [6, 6.07) is 3.32. The van der Waals surface area contributed by atoms with Crippen LogP contribution in [0.5, 0.6) is 0 Å². The molecule has 36 heavy (non-hydrogen) atoms. The highest BCUT2D eigenvalue weighted by molar-refractivity contribution is 7.89. The zero-order chi connectivity index (χ0) is 27.1. The van der Waals surface area contributed by atoms with Crippen LogP contribution in [0.1, 0.15) is 12.8 Å². The van der Waals surface area contributed by atoms with Gasteiger partial charge in [0.25, 0.3) is 25.9 Å². The van der Waals surface area contributed by atoms with Gasteiger partial charge in [0.2, 0.25) is 10.0 Å². The second-order valence-electron chi connectivity index (χ2n) is 8.36. The number of nitrogens with zero attached hydrogens (tertiary/aromatic N) is 4. The first kappa shape index (κ1) is 30.3. The zero-order valence-electron chi connectivity index (χ0n) is 20.4. The molecule has 17 heteroatoms. The number of rotatable bonds is 12. The molecule has 0 aromatic heterocycles. The summed E-state index contributed by atoms with van der Waals surface area (Å²) in [6.45, 7) is 0.731. The Morgan fingerprint density at radius 1 is 0.917 bits per heavy atom. The smallest absolute Gasteiger partial charge is 0.270 e. The van der Waals surface area contributed by atoms with Gasteiger partial charge in [-0.25, -0.2) is 8.42 Å². The zero-order valence-corrected chi connectivity index (χ0v) is 22.8. The first-order valence-corrected chi connectivity index (χ1v) is 16.1. The molecule has 0 saturated carbocycles. The van der Waals surface area contributed by atoms with Crippen LogP contribution in [0.2, 0.25) is 0 Å². The van der Waals surface area contributed by atoms with Crippen LogP contribution in [0.3, 0.4) is 0 Å². The molecule has 0 N–H and O–H groups in total. The first-order valence-electron chi connectivity index (χ1n) is 11.0. The number of nitro benzene ring substituents is 1. The van der Waals surface area contributed by atoms with E-state index in [1.165, 1.54) is 15.3 Å². The van der Waals surface area contributed by atoms with Crippen molar-refractivity contribution in [3.63, 3.8) is 0 Å². The number of non-ortho nitro benzene ring substituents is 1. The van der Waals surface area contributed by atoms with Crippen LogP contribution in [0.4, 0.5) is 11.4 Å². The highest BCUT2D eigenvalue weighted by Gasteiger charge is 2.31. The Labute approximate surface area is 212 Å². The Hall–Kier alpha value is -1.89. The van der Waals surface area contributed by atoms with Gasteiger partial charge in [0.15, 0.2) is 0 Å². The normalized spacial score (nSPS) is 16.9. The number of anilines is 1. The Morgan fingerprint density at radius 3 is 1.86 bits per heavy atom. The third-order valence-corrected chi connectivity index (χ3v) is 8.44. The van der Waals surface area contributed by atoms with Crippen molar-refractivity contribution in [2.75, 3.05) is 76.9 Å². The molecule has 1 aromatic carbocycles. The van der Waals surface area contributed by atoms with Gasteiger partial charge in [-0.1, -0.05) is 0 Å². The summed E-state index contributed by atoms with van der Waals surface area (Å²) in [6.07, 6.45) is 2.83. The molecule has 14 nitrogen and oxygen atoms in total. The molecule has 0 aliphatic carbocycles. The van der Waals surface area contributed by atoms with E-state index in [1.807, 2.05) is 7.05 Å². The Bertz CT molecular complexity index is 1190. The number of nitro groups is 1. The van der Waals surface area contributed by atoms with E-state index in [2.05, 4.69) is 4.90 Å². The van der Waals surface area contributed by atoms with Crippen molar-refractivity contribution in [1.82, 2.24) is 9.21 Å². The highest BCUT2D eigenvalue weighted by Crippen LogP contribution is 2.32. The topological polar surface area (TPSA) is 174 Å². The number of hydrogen-bond acceptors (Lipinski definition) is 12. The van der Waals surface area contributed by atoms with Gasteiger partial charge in [-0.15, -0.1) is 0 Å². The largest absolute Gasteiger partial charge is 0.366 e. The van der Waals surface area contributed by atoms with Crippen molar-refractivity contribution in [1.29, 1.82) is 0 Å². The minimum atomic E-state index is -4.21. The maximum atomic E-state index is 13.7. The molecule has 1 aliphatic heterocycles. The van der Waals surface area contributed by atoms with Crippen LogP contribution in [0.15, 0.2) is 23.1 Å². The molecule has 0 radical (unpaired) electrons. The lowest BCUT2D eigenvalue weighted by atomic mass is 10.2. The van der Waals surface area contributed by atoms with Crippen molar-refractivity contribution >= 4 is 41.6 Å². The van der Waals surface area contributed by atoms with Crippen LogP contribution in [0.25, 0.3) is 0 Å². The van der Waals surface area contributed by atoms with E-state index in [4.69, 9.17) is 8.37 Å². The lowest BCUT2D eigenvalue weighted by molar-refractivity contribution is -0.385. The Balaban J connectivity index is 2.49. The van der Waals surface area contributed by atoms with Crippen LogP contribution in [-0.2, 0) is 38.6 Å². The second-order valence-corrected chi connectivity index (χ2v) is 13.6. The predicted octanol–water partition coefficient (Wildman–Crippen LogP) is 0.0699. The summed E-state index contributed by atoms with van der Waals surface area (Å²) in [4.78, 5) is 13.8. The van der Waals surface area contributed by atoms with Gasteiger partial charge < -0.3 is 9.80 Å². The van der Waals surface area contributed by atoms with Crippen molar-refractivity contribution < 1.29 is 38.5 Å². The third-order valence-electron chi connectivity index (χ3n) is 5.32. The summed E-state index contributed by atoms with van der Waals surface area (Å²) in [5.74, 6) is 0. The van der Waals surface area contributed by atoms with E-state index in [1.54, 1.807) is 0 Å². The standard InChI is InChI=1S/C19H32N4O10S3/c1-20-8-4-10-22(11-5-9-20)36(30,31)19-16-17(23(24)25)6-7-18(19)21(12-14-32-34(2,26)27)13-15-33-35(3,28)29/h6-7,16H,4-5,8-15H2,1-3H3. The van der Waals surface area contributed by atoms with Crippen LogP contribution >= 0.6 is 0 Å². The molecule has 0 amide bonds. The van der Waals surface area contributed by atoms with Gasteiger partial charge in [-0.2, -0.15) is 21.1 Å². The van der Waals surface area contributed by atoms with Crippen molar-refractivity contribution in [2.45, 2.75) is 17.7 Å². The molecule has 0 bridgehead atoms. The van der Waals surface area contributed by atoms with Gasteiger partial charge in [0, 0.05) is 38.3 Å². The maximum absolute atomic E-state index is 13.7. The molecule has 206 valence electrons. The highest BCUT2D eigenvalue weighted by atomic mass is 32.2. The van der Waals surface area contributed by atoms with E-state index in [0.717, 1.165) is 24.6 Å². The van der Waals surface area contributed by atoms with E-state index >= 15 is 0 Å². The van der Waals surface area contributed by atoms with E-state index < -0.39 is 40.9 Å². The average Bonchev–Trinajstić information content (AvgIpc) is 2.73. The van der Waals surface area contributed by atoms with Gasteiger partial charge in [-0.3, -0.25) is 18.5 Å². The van der Waals surface area contributed by atoms with Crippen molar-refractivity contribution in [2.24, 2.45) is 0 Å². The molecule has 1 heterocycles. The Kier molecular flexibility index (Phi) is 10.6. The minimum Gasteiger partial charge on any atom is -0.366 e. The minimum absolute atomic E-state index is 0.0361. The molecule has 0 spiro atoms. The van der Waals surface area contributed by atoms with Gasteiger partial charge >= 0.3 is 0 Å². The van der Waals surface area contributed by atoms with E-state index in [0.29, 0.717) is 25.9 Å². The van der Waals surface area contributed by atoms with Crippen molar-refractivity contribution in [3.8, 4) is 0 Å². The molecule has 1 fully saturated rings. The summed E-state index contributed by atoms with van der Waals surface area (Å²) >= 11 is 0. The molecule has 0 unspecified atom stereocenters. The fourth-order valence-electron chi connectivity index (χ4n) is 3.67. The van der Waals surface area contributed by atoms with Crippen molar-refractivity contribution in [3.05, 3.63) is 28.3 Å². The molecule has 1 saturated heterocycles. The second kappa shape index (κ2) is 12.6. The molecule has 1 aliphatic rings. The maximum Gasteiger partial charge on any atom is 0.270 e. The van der Waals surface area contributed by atoms with Crippen LogP contribution in [0, 0.1) is 10.1 Å². The third kappa shape index (κ3) is 9.53. The summed E-state index contributed by atoms with van der Waals surface area (Å²) in [5, 5.41) is 11.4. The molecular formula is C19H32N4O10S3. The molecular weight excluding hydrogens is 540 g/mol. The summed E-state index contributed by atoms with van der Waals surface area (Å²) in [5.41, 5.74) is -0.405. The quantitative estimate of drug-likeness (QED) is 0.188. The number of benzene rings is 1. The molecule has 1 aromatic rings. The van der Waals surface area contributed by atoms with Gasteiger partial charge in [-0.05, 0) is 39.0 Å².